The van der Waals surface area contributed by atoms with E-state index in [0.717, 1.165) is 17.1 Å². The molecule has 0 bridgehead atoms. The van der Waals surface area contributed by atoms with Gasteiger partial charge in [-0.15, -0.1) is 11.3 Å². The lowest BCUT2D eigenvalue weighted by atomic mass is 9.82. The van der Waals surface area contributed by atoms with Crippen molar-refractivity contribution in [1.29, 1.82) is 0 Å². The number of hydrogen-bond donors (Lipinski definition) is 0. The number of para-hydroxylation sites is 1. The van der Waals surface area contributed by atoms with Crippen molar-refractivity contribution >= 4 is 48.6 Å². The first kappa shape index (κ1) is 31.5. The van der Waals surface area contributed by atoms with Crippen LogP contribution in [0.2, 0.25) is 0 Å². The molecule has 53 heavy (non-hydrogen) atoms. The highest BCUT2D eigenvalue weighted by Gasteiger charge is 2.35. The maximum absolute atomic E-state index is 2.43. The molecule has 0 saturated heterocycles. The van der Waals surface area contributed by atoms with E-state index in [4.69, 9.17) is 0 Å². The Bertz CT molecular complexity index is 2810. The van der Waals surface area contributed by atoms with Crippen molar-refractivity contribution in [1.82, 2.24) is 0 Å². The van der Waals surface area contributed by atoms with Crippen LogP contribution in [0.3, 0.4) is 0 Å². The molecule has 252 valence electrons. The third-order valence-electron chi connectivity index (χ3n) is 11.1. The van der Waals surface area contributed by atoms with Gasteiger partial charge in [-0.05, 0) is 98.6 Å². The molecular formula is C51H37NS. The topological polar surface area (TPSA) is 3.24 Å². The molecule has 0 fully saturated rings. The first-order chi connectivity index (χ1) is 26.0. The number of fused-ring (bicyclic) bond motifs is 6. The van der Waals surface area contributed by atoms with E-state index in [1.165, 1.54) is 75.8 Å². The number of hydrogen-bond acceptors (Lipinski definition) is 2. The first-order valence-electron chi connectivity index (χ1n) is 18.3. The van der Waals surface area contributed by atoms with Gasteiger partial charge < -0.3 is 4.90 Å². The van der Waals surface area contributed by atoms with Crippen molar-refractivity contribution in [3.05, 3.63) is 199 Å². The highest BCUT2D eigenvalue weighted by molar-refractivity contribution is 7.25. The van der Waals surface area contributed by atoms with Crippen LogP contribution < -0.4 is 4.90 Å². The zero-order chi connectivity index (χ0) is 35.5. The molecule has 9 aromatic rings. The predicted molar refractivity (Wildman–Crippen MR) is 228 cm³/mol. The van der Waals surface area contributed by atoms with Crippen molar-refractivity contribution in [2.45, 2.75) is 19.3 Å². The Labute approximate surface area is 315 Å². The van der Waals surface area contributed by atoms with Crippen molar-refractivity contribution in [3.8, 4) is 44.5 Å². The van der Waals surface area contributed by atoms with Gasteiger partial charge in [0.05, 0.1) is 5.69 Å². The zero-order valence-corrected chi connectivity index (χ0v) is 30.6. The van der Waals surface area contributed by atoms with Crippen LogP contribution in [-0.2, 0) is 5.41 Å². The monoisotopic (exact) mass is 695 g/mol. The lowest BCUT2D eigenvalue weighted by Crippen LogP contribution is -2.14. The fourth-order valence-corrected chi connectivity index (χ4v) is 9.62. The number of thiophene rings is 1. The summed E-state index contributed by atoms with van der Waals surface area (Å²) in [6, 6.07) is 69.1. The molecule has 0 aliphatic heterocycles. The molecule has 0 unspecified atom stereocenters. The molecule has 0 N–H and O–H groups in total. The summed E-state index contributed by atoms with van der Waals surface area (Å²) in [6.07, 6.45) is 0. The van der Waals surface area contributed by atoms with Crippen molar-refractivity contribution < 1.29 is 0 Å². The Morgan fingerprint density at radius 1 is 0.396 bits per heavy atom. The van der Waals surface area contributed by atoms with Gasteiger partial charge in [-0.2, -0.15) is 0 Å². The molecule has 1 aromatic heterocycles. The molecule has 1 nitrogen and oxygen atoms in total. The van der Waals surface area contributed by atoms with E-state index in [0.29, 0.717) is 0 Å². The number of rotatable bonds is 6. The van der Waals surface area contributed by atoms with E-state index >= 15 is 0 Å². The SMILES string of the molecule is CC1(C)c2ccccc2-c2cc(-c3ccccc3N(c3ccc(-c4cccc5sc6ccccc6c45)cc3)c3cccc(-c4ccccc4)c3)ccc21. The van der Waals surface area contributed by atoms with Gasteiger partial charge in [-0.1, -0.05) is 153 Å². The van der Waals surface area contributed by atoms with Crippen LogP contribution in [0.1, 0.15) is 25.0 Å². The first-order valence-corrected chi connectivity index (χ1v) is 19.2. The van der Waals surface area contributed by atoms with Crippen LogP contribution >= 0.6 is 11.3 Å². The third-order valence-corrected chi connectivity index (χ3v) is 12.2. The van der Waals surface area contributed by atoms with Crippen molar-refractivity contribution in [2.75, 3.05) is 4.90 Å². The summed E-state index contributed by atoms with van der Waals surface area (Å²) in [5.74, 6) is 0. The Balaban J connectivity index is 1.14. The van der Waals surface area contributed by atoms with Gasteiger partial charge in [0.1, 0.15) is 0 Å². The third kappa shape index (κ3) is 5.21. The minimum atomic E-state index is -0.0325. The molecule has 0 radical (unpaired) electrons. The summed E-state index contributed by atoms with van der Waals surface area (Å²) >= 11 is 1.87. The van der Waals surface area contributed by atoms with Gasteiger partial charge in [0, 0.05) is 42.5 Å². The summed E-state index contributed by atoms with van der Waals surface area (Å²) in [6.45, 7) is 4.69. The second kappa shape index (κ2) is 12.5. The second-order valence-electron chi connectivity index (χ2n) is 14.5. The molecule has 0 atom stereocenters. The number of benzene rings is 8. The molecule has 0 saturated carbocycles. The molecule has 1 aliphatic rings. The van der Waals surface area contributed by atoms with Gasteiger partial charge >= 0.3 is 0 Å². The molecule has 1 aliphatic carbocycles. The average molecular weight is 696 g/mol. The van der Waals surface area contributed by atoms with E-state index in [2.05, 4.69) is 207 Å². The van der Waals surface area contributed by atoms with Gasteiger partial charge in [-0.25, -0.2) is 0 Å². The highest BCUT2D eigenvalue weighted by Crippen LogP contribution is 2.51. The summed E-state index contributed by atoms with van der Waals surface area (Å²) in [5, 5.41) is 2.65. The Hall–Kier alpha value is -6.22. The summed E-state index contributed by atoms with van der Waals surface area (Å²) in [5.41, 5.74) is 16.1. The highest BCUT2D eigenvalue weighted by atomic mass is 32.1. The molecule has 2 heteroatoms. The van der Waals surface area contributed by atoms with E-state index in [1.807, 2.05) is 11.3 Å². The van der Waals surface area contributed by atoms with Crippen LogP contribution in [0, 0.1) is 0 Å². The standard InChI is InChI=1S/C51H37NS/c1-51(2)45-22-9-6-19-42(45)44-33-37(28-31-46(44)51)40-18-7-10-23-47(40)52(39-17-12-16-36(32-39)34-14-4-3-5-15-34)38-29-26-35(27-30-38)41-21-13-25-49-50(41)43-20-8-11-24-48(43)53-49/h3-33H,1-2H3. The van der Waals surface area contributed by atoms with Gasteiger partial charge in [0.25, 0.3) is 0 Å². The lowest BCUT2D eigenvalue weighted by Gasteiger charge is -2.29. The van der Waals surface area contributed by atoms with Crippen LogP contribution in [0.4, 0.5) is 17.1 Å². The summed E-state index contributed by atoms with van der Waals surface area (Å²) < 4.78 is 2.65. The van der Waals surface area contributed by atoms with Crippen LogP contribution in [-0.4, -0.2) is 0 Å². The van der Waals surface area contributed by atoms with E-state index in [9.17, 15) is 0 Å². The maximum Gasteiger partial charge on any atom is 0.0540 e. The van der Waals surface area contributed by atoms with Gasteiger partial charge in [0.15, 0.2) is 0 Å². The Morgan fingerprint density at radius 3 is 1.91 bits per heavy atom. The number of anilines is 3. The van der Waals surface area contributed by atoms with E-state index in [1.54, 1.807) is 0 Å². The molecule has 1 heterocycles. The molecule has 10 rings (SSSR count). The average Bonchev–Trinajstić information content (AvgIpc) is 3.71. The maximum atomic E-state index is 2.43. The van der Waals surface area contributed by atoms with Crippen LogP contribution in [0.5, 0.6) is 0 Å². The Kier molecular flexibility index (Phi) is 7.42. The van der Waals surface area contributed by atoms with Crippen molar-refractivity contribution in [2.24, 2.45) is 0 Å². The zero-order valence-electron chi connectivity index (χ0n) is 29.8. The summed E-state index contributed by atoms with van der Waals surface area (Å²) in [7, 11) is 0. The normalized spacial score (nSPS) is 12.9. The van der Waals surface area contributed by atoms with Gasteiger partial charge in [0.2, 0.25) is 0 Å². The fraction of sp³-hybridized carbons (Fsp3) is 0.0588. The minimum Gasteiger partial charge on any atom is -0.310 e. The molecular weight excluding hydrogens is 659 g/mol. The smallest absolute Gasteiger partial charge is 0.0540 e. The summed E-state index contributed by atoms with van der Waals surface area (Å²) in [4.78, 5) is 2.43. The van der Waals surface area contributed by atoms with Crippen LogP contribution in [0.25, 0.3) is 64.7 Å². The van der Waals surface area contributed by atoms with Gasteiger partial charge in [-0.3, -0.25) is 0 Å². The Morgan fingerprint density at radius 2 is 1.04 bits per heavy atom. The number of nitrogens with zero attached hydrogens (tertiary/aromatic N) is 1. The molecule has 8 aromatic carbocycles. The largest absolute Gasteiger partial charge is 0.310 e. The quantitative estimate of drug-likeness (QED) is 0.167. The predicted octanol–water partition coefficient (Wildman–Crippen LogP) is 14.8. The van der Waals surface area contributed by atoms with E-state index < -0.39 is 0 Å². The van der Waals surface area contributed by atoms with E-state index in [-0.39, 0.29) is 5.41 Å². The molecule has 0 amide bonds. The second-order valence-corrected chi connectivity index (χ2v) is 15.6. The van der Waals surface area contributed by atoms with Crippen molar-refractivity contribution in [3.63, 3.8) is 0 Å². The fourth-order valence-electron chi connectivity index (χ4n) is 8.49. The lowest BCUT2D eigenvalue weighted by molar-refractivity contribution is 0.660. The minimum absolute atomic E-state index is 0.0325. The molecule has 0 spiro atoms. The van der Waals surface area contributed by atoms with Crippen LogP contribution in [0.15, 0.2) is 188 Å².